The lowest BCUT2D eigenvalue weighted by atomic mass is 10.1. The highest BCUT2D eigenvalue weighted by Gasteiger charge is 2.17. The second-order valence-electron chi connectivity index (χ2n) is 8.12. The third-order valence-corrected chi connectivity index (χ3v) is 6.78. The second-order valence-corrected chi connectivity index (χ2v) is 9.14. The van der Waals surface area contributed by atoms with E-state index in [1.807, 2.05) is 0 Å². The lowest BCUT2D eigenvalue weighted by Gasteiger charge is -2.18. The van der Waals surface area contributed by atoms with Gasteiger partial charge in [-0.3, -0.25) is 14.9 Å². The third-order valence-electron chi connectivity index (χ3n) is 5.68. The number of ether oxygens (including phenoxy) is 1. The number of nitro groups is 1. The van der Waals surface area contributed by atoms with Crippen LogP contribution in [0.25, 0.3) is 6.08 Å². The number of Topliss-reactive ketones (excluding diaryl/α,β-unsaturated/α-hetero) is 1. The van der Waals surface area contributed by atoms with Gasteiger partial charge in [0.05, 0.1) is 9.83 Å². The smallest absolute Gasteiger partial charge is 0.305 e. The van der Waals surface area contributed by atoms with Crippen LogP contribution in [-0.2, 0) is 5.75 Å². The molecule has 37 heavy (non-hydrogen) atoms. The number of allylic oxidation sites excluding steroid dienone is 1. The summed E-state index contributed by atoms with van der Waals surface area (Å²) in [5.74, 6) is -0.603. The van der Waals surface area contributed by atoms with Gasteiger partial charge in [-0.15, -0.1) is 11.8 Å². The summed E-state index contributed by atoms with van der Waals surface area (Å²) >= 11 is 1.21. The minimum Gasteiger partial charge on any atom is -0.492 e. The molecule has 3 aromatic carbocycles. The van der Waals surface area contributed by atoms with Crippen molar-refractivity contribution in [1.29, 1.82) is 0 Å². The number of benzene rings is 3. The highest BCUT2D eigenvalue weighted by Crippen LogP contribution is 2.29. The molecule has 0 N–H and O–H groups in total. The molecule has 0 amide bonds. The van der Waals surface area contributed by atoms with E-state index in [-0.39, 0.29) is 11.6 Å². The van der Waals surface area contributed by atoms with Crippen molar-refractivity contribution in [2.24, 2.45) is 0 Å². The minimum atomic E-state index is -0.953. The topological polar surface area (TPSA) is 72.7 Å². The third kappa shape index (κ3) is 8.23. The fourth-order valence-corrected chi connectivity index (χ4v) is 4.49. The SMILES string of the molecule is CCN(CC)CCOc1ccc(C(=O)/C(=C\c2ccc(F)c([N+](=O)[O-])c2)SCc2ccc(F)cc2)cc1. The zero-order chi connectivity index (χ0) is 26.8. The number of carbonyl (C=O) groups is 1. The molecule has 0 saturated heterocycles. The second kappa shape index (κ2) is 13.7. The maximum Gasteiger partial charge on any atom is 0.305 e. The average Bonchev–Trinajstić information content (AvgIpc) is 2.90. The molecule has 0 saturated carbocycles. The molecule has 194 valence electrons. The minimum absolute atomic E-state index is 0.297. The van der Waals surface area contributed by atoms with Crippen LogP contribution in [0.5, 0.6) is 5.75 Å². The van der Waals surface area contributed by atoms with E-state index in [4.69, 9.17) is 4.74 Å². The number of rotatable bonds is 13. The van der Waals surface area contributed by atoms with Gasteiger partial charge in [0.2, 0.25) is 5.82 Å². The van der Waals surface area contributed by atoms with Gasteiger partial charge in [0.25, 0.3) is 0 Å². The molecule has 0 heterocycles. The van der Waals surface area contributed by atoms with Gasteiger partial charge in [-0.2, -0.15) is 4.39 Å². The van der Waals surface area contributed by atoms with Gasteiger partial charge < -0.3 is 9.64 Å². The maximum absolute atomic E-state index is 13.8. The quantitative estimate of drug-likeness (QED) is 0.106. The first-order chi connectivity index (χ1) is 17.8. The Labute approximate surface area is 219 Å². The zero-order valence-electron chi connectivity index (χ0n) is 20.7. The molecule has 0 aliphatic carbocycles. The highest BCUT2D eigenvalue weighted by molar-refractivity contribution is 8.03. The fraction of sp³-hybridized carbons (Fsp3) is 0.250. The first kappa shape index (κ1) is 28.0. The van der Waals surface area contributed by atoms with Crippen molar-refractivity contribution < 1.29 is 23.2 Å². The van der Waals surface area contributed by atoms with E-state index >= 15 is 0 Å². The summed E-state index contributed by atoms with van der Waals surface area (Å²) in [6, 6.07) is 16.2. The number of hydrogen-bond donors (Lipinski definition) is 0. The number of likely N-dealkylation sites (N-methyl/N-ethyl adjacent to an activating group) is 1. The molecule has 0 spiro atoms. The predicted molar refractivity (Wildman–Crippen MR) is 143 cm³/mol. The first-order valence-electron chi connectivity index (χ1n) is 11.8. The van der Waals surface area contributed by atoms with Crippen molar-refractivity contribution in [2.75, 3.05) is 26.2 Å². The Morgan fingerprint density at radius 1 is 1.03 bits per heavy atom. The van der Waals surface area contributed by atoms with E-state index in [2.05, 4.69) is 18.7 Å². The lowest BCUT2D eigenvalue weighted by molar-refractivity contribution is -0.387. The molecule has 0 unspecified atom stereocenters. The van der Waals surface area contributed by atoms with Gasteiger partial charge in [-0.05, 0) is 72.8 Å². The van der Waals surface area contributed by atoms with Crippen molar-refractivity contribution in [3.63, 3.8) is 0 Å². The molecule has 9 heteroatoms. The Morgan fingerprint density at radius 2 is 1.70 bits per heavy atom. The molecule has 3 aromatic rings. The van der Waals surface area contributed by atoms with Crippen molar-refractivity contribution in [2.45, 2.75) is 19.6 Å². The van der Waals surface area contributed by atoms with Crippen LogP contribution in [0.4, 0.5) is 14.5 Å². The van der Waals surface area contributed by atoms with Crippen LogP contribution in [0.3, 0.4) is 0 Å². The van der Waals surface area contributed by atoms with Crippen LogP contribution in [0.15, 0.2) is 71.6 Å². The molecular weight excluding hydrogens is 498 g/mol. The van der Waals surface area contributed by atoms with Gasteiger partial charge in [-0.1, -0.05) is 32.0 Å². The van der Waals surface area contributed by atoms with E-state index in [9.17, 15) is 23.7 Å². The summed E-state index contributed by atoms with van der Waals surface area (Å²) in [7, 11) is 0. The van der Waals surface area contributed by atoms with Crippen molar-refractivity contribution in [3.8, 4) is 5.75 Å². The van der Waals surface area contributed by atoms with Crippen LogP contribution in [-0.4, -0.2) is 41.8 Å². The van der Waals surface area contributed by atoms with Crippen LogP contribution in [0.1, 0.15) is 35.3 Å². The molecule has 0 aliphatic heterocycles. The van der Waals surface area contributed by atoms with Crippen molar-refractivity contribution in [3.05, 3.63) is 110 Å². The van der Waals surface area contributed by atoms with Gasteiger partial charge >= 0.3 is 5.69 Å². The lowest BCUT2D eigenvalue weighted by Crippen LogP contribution is -2.27. The summed E-state index contributed by atoms with van der Waals surface area (Å²) in [5.41, 5.74) is 0.854. The summed E-state index contributed by atoms with van der Waals surface area (Å²) in [6.07, 6.45) is 1.50. The predicted octanol–water partition coefficient (Wildman–Crippen LogP) is 6.75. The zero-order valence-corrected chi connectivity index (χ0v) is 21.5. The van der Waals surface area contributed by atoms with E-state index < -0.39 is 16.4 Å². The highest BCUT2D eigenvalue weighted by atomic mass is 32.2. The van der Waals surface area contributed by atoms with Crippen LogP contribution >= 0.6 is 11.8 Å². The maximum atomic E-state index is 13.8. The Balaban J connectivity index is 1.82. The number of nitro benzene ring substituents is 1. The normalized spacial score (nSPS) is 11.5. The van der Waals surface area contributed by atoms with Crippen molar-refractivity contribution >= 4 is 29.3 Å². The van der Waals surface area contributed by atoms with E-state index in [1.54, 1.807) is 36.4 Å². The van der Waals surface area contributed by atoms with Gasteiger partial charge in [0.1, 0.15) is 18.2 Å². The van der Waals surface area contributed by atoms with E-state index in [0.29, 0.717) is 34.1 Å². The number of thioether (sulfide) groups is 1. The molecule has 3 rings (SSSR count). The molecule has 0 atom stereocenters. The fourth-order valence-electron chi connectivity index (χ4n) is 3.50. The Kier molecular flexibility index (Phi) is 10.3. The monoisotopic (exact) mass is 526 g/mol. The summed E-state index contributed by atoms with van der Waals surface area (Å²) in [4.78, 5) is 26.3. The summed E-state index contributed by atoms with van der Waals surface area (Å²) < 4.78 is 32.9. The largest absolute Gasteiger partial charge is 0.492 e. The van der Waals surface area contributed by atoms with Gasteiger partial charge in [-0.25, -0.2) is 4.39 Å². The number of ketones is 1. The number of halogens is 2. The molecular formula is C28H28F2N2O4S. The Hall–Kier alpha value is -3.56. The number of nitrogens with zero attached hydrogens (tertiary/aromatic N) is 2. The molecule has 6 nitrogen and oxygen atoms in total. The molecule has 0 aromatic heterocycles. The number of hydrogen-bond acceptors (Lipinski definition) is 6. The molecule has 0 radical (unpaired) electrons. The van der Waals surface area contributed by atoms with Crippen LogP contribution in [0.2, 0.25) is 0 Å². The average molecular weight is 527 g/mol. The summed E-state index contributed by atoms with van der Waals surface area (Å²) in [5, 5.41) is 11.2. The van der Waals surface area contributed by atoms with Gasteiger partial charge in [0, 0.05) is 23.9 Å². The van der Waals surface area contributed by atoms with E-state index in [0.717, 1.165) is 37.3 Å². The molecule has 0 aliphatic rings. The van der Waals surface area contributed by atoms with Crippen molar-refractivity contribution in [1.82, 2.24) is 4.90 Å². The Bertz CT molecular complexity index is 1240. The Morgan fingerprint density at radius 3 is 2.32 bits per heavy atom. The summed E-state index contributed by atoms with van der Waals surface area (Å²) in [6.45, 7) is 7.38. The molecule has 0 fully saturated rings. The van der Waals surface area contributed by atoms with E-state index in [1.165, 1.54) is 36.0 Å². The van der Waals surface area contributed by atoms with Gasteiger partial charge in [0.15, 0.2) is 5.78 Å². The number of carbonyl (C=O) groups excluding carboxylic acids is 1. The standard InChI is InChI=1S/C28H28F2N2O4S/c1-3-31(4-2)15-16-36-24-12-8-22(9-13-24)28(33)27(37-19-20-5-10-23(29)11-6-20)18-21-7-14-25(30)26(17-21)32(34)35/h5-14,17-18H,3-4,15-16,19H2,1-2H3/b27-18+. The van der Waals surface area contributed by atoms with Crippen LogP contribution in [0, 0.1) is 21.7 Å². The molecule has 0 bridgehead atoms. The first-order valence-corrected chi connectivity index (χ1v) is 12.8. The van der Waals surface area contributed by atoms with Crippen LogP contribution < -0.4 is 4.74 Å².